The van der Waals surface area contributed by atoms with E-state index >= 15 is 0 Å². The summed E-state index contributed by atoms with van der Waals surface area (Å²) in [6, 6.07) is 9.12. The Morgan fingerprint density at radius 2 is 2.12 bits per heavy atom. The molecule has 1 aliphatic heterocycles. The zero-order valence-electron chi connectivity index (χ0n) is 12.5. The Morgan fingerprint density at radius 3 is 2.92 bits per heavy atom. The first-order valence-corrected chi connectivity index (χ1v) is 10.9. The zero-order valence-corrected chi connectivity index (χ0v) is 14.9. The SMILES string of the molecule is O=c1oc2ccccc2cc1-c1csc(SC2CCS(=O)(=O)C2)n1. The maximum absolute atomic E-state index is 12.2. The van der Waals surface area contributed by atoms with Gasteiger partial charge in [0, 0.05) is 16.0 Å². The van der Waals surface area contributed by atoms with E-state index in [1.165, 1.54) is 23.1 Å². The lowest BCUT2D eigenvalue weighted by atomic mass is 10.1. The van der Waals surface area contributed by atoms with Gasteiger partial charge in [0.15, 0.2) is 14.2 Å². The van der Waals surface area contributed by atoms with Crippen molar-refractivity contribution in [3.8, 4) is 11.3 Å². The molecule has 1 fully saturated rings. The number of sulfone groups is 1. The van der Waals surface area contributed by atoms with Crippen molar-refractivity contribution in [2.45, 2.75) is 16.0 Å². The molecule has 0 N–H and O–H groups in total. The summed E-state index contributed by atoms with van der Waals surface area (Å²) in [5, 5.41) is 2.70. The highest BCUT2D eigenvalue weighted by Gasteiger charge is 2.29. The number of thioether (sulfide) groups is 1. The summed E-state index contributed by atoms with van der Waals surface area (Å²) >= 11 is 2.90. The molecular formula is C16H13NO4S3. The molecule has 1 aromatic carbocycles. The Hall–Kier alpha value is -1.64. The summed E-state index contributed by atoms with van der Waals surface area (Å²) < 4.78 is 29.2. The number of fused-ring (bicyclic) bond motifs is 1. The van der Waals surface area contributed by atoms with Gasteiger partial charge in [0.2, 0.25) is 0 Å². The van der Waals surface area contributed by atoms with Crippen LogP contribution in [0.5, 0.6) is 0 Å². The fraction of sp³-hybridized carbons (Fsp3) is 0.250. The molecule has 1 aliphatic rings. The predicted octanol–water partition coefficient (Wildman–Crippen LogP) is 3.20. The van der Waals surface area contributed by atoms with Crippen LogP contribution in [0.1, 0.15) is 6.42 Å². The Kier molecular flexibility index (Phi) is 3.98. The third kappa shape index (κ3) is 3.13. The first-order valence-electron chi connectivity index (χ1n) is 7.36. The van der Waals surface area contributed by atoms with Crippen LogP contribution in [0.3, 0.4) is 0 Å². The lowest BCUT2D eigenvalue weighted by molar-refractivity contribution is 0.563. The summed E-state index contributed by atoms with van der Waals surface area (Å²) in [5.41, 5.74) is 1.13. The largest absolute Gasteiger partial charge is 0.422 e. The van der Waals surface area contributed by atoms with E-state index in [4.69, 9.17) is 4.42 Å². The topological polar surface area (TPSA) is 77.2 Å². The quantitative estimate of drug-likeness (QED) is 0.651. The molecule has 24 heavy (non-hydrogen) atoms. The summed E-state index contributed by atoms with van der Waals surface area (Å²) in [4.78, 5) is 16.7. The maximum Gasteiger partial charge on any atom is 0.345 e. The van der Waals surface area contributed by atoms with Crippen LogP contribution in [0, 0.1) is 0 Å². The van der Waals surface area contributed by atoms with E-state index in [1.807, 2.05) is 23.6 Å². The van der Waals surface area contributed by atoms with E-state index in [1.54, 1.807) is 12.1 Å². The summed E-state index contributed by atoms with van der Waals surface area (Å²) in [6.45, 7) is 0. The van der Waals surface area contributed by atoms with E-state index in [0.29, 0.717) is 23.3 Å². The number of aromatic nitrogens is 1. The van der Waals surface area contributed by atoms with Gasteiger partial charge in [0.25, 0.3) is 0 Å². The van der Waals surface area contributed by atoms with Crippen molar-refractivity contribution in [1.82, 2.24) is 4.98 Å². The maximum atomic E-state index is 12.2. The molecule has 0 spiro atoms. The van der Waals surface area contributed by atoms with Crippen molar-refractivity contribution in [2.24, 2.45) is 0 Å². The number of thiazole rings is 1. The van der Waals surface area contributed by atoms with E-state index in [2.05, 4.69) is 4.98 Å². The molecule has 1 atom stereocenters. The lowest BCUT2D eigenvalue weighted by Crippen LogP contribution is -2.06. The van der Waals surface area contributed by atoms with Crippen LogP contribution in [0.15, 0.2) is 49.3 Å². The molecule has 8 heteroatoms. The molecule has 0 amide bonds. The van der Waals surface area contributed by atoms with E-state index in [9.17, 15) is 13.2 Å². The molecule has 4 rings (SSSR count). The number of nitrogens with zero attached hydrogens (tertiary/aromatic N) is 1. The van der Waals surface area contributed by atoms with Crippen LogP contribution in [0.25, 0.3) is 22.2 Å². The van der Waals surface area contributed by atoms with Crippen molar-refractivity contribution in [3.05, 3.63) is 46.1 Å². The van der Waals surface area contributed by atoms with Crippen molar-refractivity contribution >= 4 is 43.9 Å². The molecule has 3 heterocycles. The van der Waals surface area contributed by atoms with Crippen LogP contribution < -0.4 is 5.63 Å². The minimum absolute atomic E-state index is 0.0435. The molecule has 5 nitrogen and oxygen atoms in total. The number of hydrogen-bond donors (Lipinski definition) is 0. The Balaban J connectivity index is 1.63. The standard InChI is InChI=1S/C16H13NO4S3/c18-15-12(7-10-3-1-2-4-14(10)21-15)13-8-22-16(17-13)23-11-5-6-24(19,20)9-11/h1-4,7-8,11H,5-6,9H2. The van der Waals surface area contributed by atoms with Gasteiger partial charge < -0.3 is 4.42 Å². The van der Waals surface area contributed by atoms with Gasteiger partial charge in [-0.15, -0.1) is 11.3 Å². The number of para-hydroxylation sites is 1. The normalized spacial score (nSPS) is 19.8. The zero-order chi connectivity index (χ0) is 16.7. The van der Waals surface area contributed by atoms with Gasteiger partial charge in [-0.25, -0.2) is 18.2 Å². The van der Waals surface area contributed by atoms with Gasteiger partial charge in [-0.05, 0) is 18.6 Å². The van der Waals surface area contributed by atoms with Gasteiger partial charge in [-0.1, -0.05) is 30.0 Å². The van der Waals surface area contributed by atoms with E-state index in [-0.39, 0.29) is 16.8 Å². The van der Waals surface area contributed by atoms with Crippen LogP contribution in [0.2, 0.25) is 0 Å². The Morgan fingerprint density at radius 1 is 1.29 bits per heavy atom. The molecule has 1 unspecified atom stereocenters. The molecule has 0 radical (unpaired) electrons. The minimum atomic E-state index is -2.90. The van der Waals surface area contributed by atoms with Crippen LogP contribution >= 0.6 is 23.1 Å². The van der Waals surface area contributed by atoms with Gasteiger partial charge in [-0.3, -0.25) is 0 Å². The fourth-order valence-electron chi connectivity index (χ4n) is 2.67. The highest BCUT2D eigenvalue weighted by molar-refractivity contribution is 8.03. The second-order valence-corrected chi connectivity index (χ2v) is 10.3. The first kappa shape index (κ1) is 15.9. The monoisotopic (exact) mass is 379 g/mol. The smallest absolute Gasteiger partial charge is 0.345 e. The van der Waals surface area contributed by atoms with Crippen LogP contribution in [0.4, 0.5) is 0 Å². The fourth-order valence-corrected chi connectivity index (χ4v) is 7.25. The van der Waals surface area contributed by atoms with Crippen LogP contribution in [-0.2, 0) is 9.84 Å². The van der Waals surface area contributed by atoms with E-state index in [0.717, 1.165) is 9.73 Å². The summed E-state index contributed by atoms with van der Waals surface area (Å²) in [7, 11) is -2.90. The number of rotatable bonds is 3. The molecule has 0 bridgehead atoms. The first-order chi connectivity index (χ1) is 11.5. The highest BCUT2D eigenvalue weighted by atomic mass is 32.2. The predicted molar refractivity (Wildman–Crippen MR) is 96.5 cm³/mol. The van der Waals surface area contributed by atoms with Gasteiger partial charge in [0.05, 0.1) is 22.8 Å². The molecular weight excluding hydrogens is 366 g/mol. The average Bonchev–Trinajstić information content (AvgIpc) is 3.13. The van der Waals surface area contributed by atoms with Crippen LogP contribution in [-0.4, -0.2) is 30.2 Å². The molecule has 2 aromatic heterocycles. The number of hydrogen-bond acceptors (Lipinski definition) is 7. The summed E-state index contributed by atoms with van der Waals surface area (Å²) in [5.74, 6) is 0.446. The van der Waals surface area contributed by atoms with Crippen molar-refractivity contribution in [1.29, 1.82) is 0 Å². The van der Waals surface area contributed by atoms with Gasteiger partial charge >= 0.3 is 5.63 Å². The molecule has 0 saturated carbocycles. The number of benzene rings is 1. The average molecular weight is 379 g/mol. The molecule has 124 valence electrons. The summed E-state index contributed by atoms with van der Waals surface area (Å²) in [6.07, 6.45) is 0.653. The van der Waals surface area contributed by atoms with Gasteiger partial charge in [0.1, 0.15) is 5.58 Å². The second kappa shape index (κ2) is 6.02. The molecule has 1 saturated heterocycles. The van der Waals surface area contributed by atoms with Crippen molar-refractivity contribution in [2.75, 3.05) is 11.5 Å². The molecule has 3 aromatic rings. The Labute approximate surface area is 146 Å². The lowest BCUT2D eigenvalue weighted by Gasteiger charge is -2.03. The van der Waals surface area contributed by atoms with E-state index < -0.39 is 15.5 Å². The van der Waals surface area contributed by atoms with Gasteiger partial charge in [-0.2, -0.15) is 0 Å². The highest BCUT2D eigenvalue weighted by Crippen LogP contribution is 2.34. The minimum Gasteiger partial charge on any atom is -0.422 e. The second-order valence-electron chi connectivity index (χ2n) is 5.63. The third-order valence-corrected chi connectivity index (χ3v) is 8.08. The van der Waals surface area contributed by atoms with Crippen molar-refractivity contribution in [3.63, 3.8) is 0 Å². The Bertz CT molecular complexity index is 1070. The molecule has 0 aliphatic carbocycles. The third-order valence-electron chi connectivity index (χ3n) is 3.86. The van der Waals surface area contributed by atoms with Crippen molar-refractivity contribution < 1.29 is 12.8 Å².